The largest absolute Gasteiger partial charge is 0.490 e. The number of amides is 1. The second-order valence-electron chi connectivity index (χ2n) is 8.50. The molecule has 3 heterocycles. The van der Waals surface area contributed by atoms with Crippen molar-refractivity contribution in [2.75, 3.05) is 13.2 Å². The average Bonchev–Trinajstić information content (AvgIpc) is 3.02. The summed E-state index contributed by atoms with van der Waals surface area (Å²) in [6, 6.07) is 12.8. The van der Waals surface area contributed by atoms with Gasteiger partial charge in [0.2, 0.25) is 11.5 Å². The van der Waals surface area contributed by atoms with E-state index in [0.29, 0.717) is 35.8 Å². The Morgan fingerprint density at radius 2 is 1.91 bits per heavy atom. The van der Waals surface area contributed by atoms with E-state index in [0.717, 1.165) is 17.4 Å². The van der Waals surface area contributed by atoms with Crippen LogP contribution in [0.2, 0.25) is 0 Å². The van der Waals surface area contributed by atoms with Gasteiger partial charge in [0.05, 0.1) is 25.6 Å². The Labute approximate surface area is 190 Å². The molecule has 0 saturated carbocycles. The van der Waals surface area contributed by atoms with Crippen LogP contribution in [0.5, 0.6) is 11.5 Å². The molecular formula is C25H25N3O5. The van der Waals surface area contributed by atoms with Crippen LogP contribution in [0.3, 0.4) is 0 Å². The summed E-state index contributed by atoms with van der Waals surface area (Å²) in [5.41, 5.74) is 1.77. The molecule has 8 heteroatoms. The molecule has 2 aromatic heterocycles. The maximum absolute atomic E-state index is 12.9. The molecule has 0 fully saturated rings. The quantitative estimate of drug-likeness (QED) is 0.500. The van der Waals surface area contributed by atoms with Gasteiger partial charge in [0.15, 0.2) is 11.5 Å². The Kier molecular flexibility index (Phi) is 5.50. The second-order valence-corrected chi connectivity index (χ2v) is 8.50. The van der Waals surface area contributed by atoms with Crippen molar-refractivity contribution in [1.29, 1.82) is 0 Å². The topological polar surface area (TPSA) is 95.6 Å². The molecule has 2 aromatic carbocycles. The van der Waals surface area contributed by atoms with Gasteiger partial charge in [0, 0.05) is 11.8 Å². The number of ether oxygens (including phenoxy) is 2. The van der Waals surface area contributed by atoms with Crippen LogP contribution < -0.4 is 20.3 Å². The minimum Gasteiger partial charge on any atom is -0.490 e. The van der Waals surface area contributed by atoms with Crippen molar-refractivity contribution in [3.63, 3.8) is 0 Å². The molecule has 4 aromatic rings. The van der Waals surface area contributed by atoms with E-state index in [1.54, 1.807) is 6.07 Å². The fourth-order valence-electron chi connectivity index (χ4n) is 4.11. The minimum absolute atomic E-state index is 0.117. The first-order valence-electron chi connectivity index (χ1n) is 11.1. The molecule has 8 nitrogen and oxygen atoms in total. The van der Waals surface area contributed by atoms with Crippen LogP contribution in [-0.2, 0) is 11.3 Å². The second kappa shape index (κ2) is 8.61. The van der Waals surface area contributed by atoms with E-state index in [1.807, 2.05) is 50.2 Å². The van der Waals surface area contributed by atoms with Crippen LogP contribution in [0.1, 0.15) is 31.9 Å². The number of nitrogens with zero attached hydrogens (tertiary/aromatic N) is 2. The van der Waals surface area contributed by atoms with Gasteiger partial charge in [0.25, 0.3) is 5.56 Å². The van der Waals surface area contributed by atoms with Crippen LogP contribution in [0, 0.1) is 5.92 Å². The molecule has 1 atom stereocenters. The zero-order chi connectivity index (χ0) is 22.9. The molecule has 1 aliphatic heterocycles. The Bertz CT molecular complexity index is 1390. The highest BCUT2D eigenvalue weighted by Crippen LogP contribution is 2.34. The zero-order valence-corrected chi connectivity index (χ0v) is 18.5. The smallest absolute Gasteiger partial charge is 0.297 e. The minimum atomic E-state index is -0.386. The lowest BCUT2D eigenvalue weighted by molar-refractivity contribution is -0.122. The van der Waals surface area contributed by atoms with E-state index in [1.165, 1.54) is 10.9 Å². The van der Waals surface area contributed by atoms with Crippen molar-refractivity contribution in [3.8, 4) is 11.5 Å². The van der Waals surface area contributed by atoms with Crippen molar-refractivity contribution >= 4 is 28.0 Å². The third-order valence-electron chi connectivity index (χ3n) is 5.78. The molecule has 170 valence electrons. The van der Waals surface area contributed by atoms with Crippen molar-refractivity contribution in [1.82, 2.24) is 14.9 Å². The molecule has 1 aliphatic rings. The van der Waals surface area contributed by atoms with Gasteiger partial charge in [-0.1, -0.05) is 32.0 Å². The van der Waals surface area contributed by atoms with Gasteiger partial charge in [0.1, 0.15) is 17.6 Å². The van der Waals surface area contributed by atoms with Gasteiger partial charge < -0.3 is 19.2 Å². The highest BCUT2D eigenvalue weighted by Gasteiger charge is 2.22. The van der Waals surface area contributed by atoms with Crippen LogP contribution in [0.4, 0.5) is 0 Å². The Hall–Kier alpha value is -3.81. The van der Waals surface area contributed by atoms with Crippen LogP contribution >= 0.6 is 0 Å². The van der Waals surface area contributed by atoms with Crippen molar-refractivity contribution in [2.45, 2.75) is 32.9 Å². The first-order valence-corrected chi connectivity index (χ1v) is 11.1. The highest BCUT2D eigenvalue weighted by molar-refractivity contribution is 6.01. The molecule has 1 N–H and O–H groups in total. The summed E-state index contributed by atoms with van der Waals surface area (Å²) < 4.78 is 18.5. The summed E-state index contributed by atoms with van der Waals surface area (Å²) in [4.78, 5) is 30.2. The lowest BCUT2D eigenvalue weighted by Crippen LogP contribution is -2.36. The monoisotopic (exact) mass is 447 g/mol. The Morgan fingerprint density at radius 1 is 1.12 bits per heavy atom. The van der Waals surface area contributed by atoms with E-state index in [9.17, 15) is 9.59 Å². The number of fused-ring (bicyclic) bond motifs is 4. The van der Waals surface area contributed by atoms with Gasteiger partial charge in [-0.2, -0.15) is 0 Å². The molecule has 33 heavy (non-hydrogen) atoms. The Balaban J connectivity index is 1.38. The lowest BCUT2D eigenvalue weighted by atomic mass is 9.95. The maximum atomic E-state index is 12.9. The SMILES string of the molecule is CC(C)C(NC(=O)Cn1cnc2c(oc3ccccc32)c1=O)c1ccc2c(c1)OCCCO2. The molecule has 0 radical (unpaired) electrons. The zero-order valence-electron chi connectivity index (χ0n) is 18.5. The third-order valence-corrected chi connectivity index (χ3v) is 5.78. The molecule has 0 saturated heterocycles. The summed E-state index contributed by atoms with van der Waals surface area (Å²) >= 11 is 0. The molecule has 1 unspecified atom stereocenters. The third kappa shape index (κ3) is 4.04. The molecule has 0 bridgehead atoms. The predicted molar refractivity (Wildman–Crippen MR) is 124 cm³/mol. The molecule has 1 amide bonds. The van der Waals surface area contributed by atoms with Gasteiger partial charge >= 0.3 is 0 Å². The van der Waals surface area contributed by atoms with Crippen molar-refractivity contribution < 1.29 is 18.7 Å². The van der Waals surface area contributed by atoms with Crippen LogP contribution in [0.15, 0.2) is 58.0 Å². The maximum Gasteiger partial charge on any atom is 0.297 e. The fraction of sp³-hybridized carbons (Fsp3) is 0.320. The molecule has 0 spiro atoms. The summed E-state index contributed by atoms with van der Waals surface area (Å²) in [6.45, 7) is 5.11. The van der Waals surface area contributed by atoms with E-state index in [4.69, 9.17) is 13.9 Å². The van der Waals surface area contributed by atoms with Gasteiger partial charge in [-0.25, -0.2) is 4.98 Å². The van der Waals surface area contributed by atoms with Crippen LogP contribution in [-0.4, -0.2) is 28.7 Å². The predicted octanol–water partition coefficient (Wildman–Crippen LogP) is 3.82. The van der Waals surface area contributed by atoms with E-state index >= 15 is 0 Å². The summed E-state index contributed by atoms with van der Waals surface area (Å²) in [7, 11) is 0. The lowest BCUT2D eigenvalue weighted by Gasteiger charge is -2.24. The van der Waals surface area contributed by atoms with Crippen LogP contribution in [0.25, 0.3) is 22.1 Å². The number of hydrogen-bond acceptors (Lipinski definition) is 6. The fourth-order valence-corrected chi connectivity index (χ4v) is 4.11. The molecular weight excluding hydrogens is 422 g/mol. The summed E-state index contributed by atoms with van der Waals surface area (Å²) in [5, 5.41) is 3.83. The summed E-state index contributed by atoms with van der Waals surface area (Å²) in [6.07, 6.45) is 2.22. The number of para-hydroxylation sites is 1. The number of rotatable bonds is 5. The number of aromatic nitrogens is 2. The number of hydrogen-bond donors (Lipinski definition) is 1. The number of furan rings is 1. The Morgan fingerprint density at radius 3 is 2.73 bits per heavy atom. The van der Waals surface area contributed by atoms with Gasteiger partial charge in [-0.3, -0.25) is 14.2 Å². The number of nitrogens with one attached hydrogen (secondary N) is 1. The van der Waals surface area contributed by atoms with Crippen molar-refractivity contribution in [3.05, 3.63) is 64.7 Å². The number of carbonyl (C=O) groups is 1. The normalized spacial score (nSPS) is 14.4. The van der Waals surface area contributed by atoms with E-state index in [2.05, 4.69) is 10.3 Å². The molecule has 5 rings (SSSR count). The first-order chi connectivity index (χ1) is 16.0. The van der Waals surface area contributed by atoms with Gasteiger partial charge in [-0.05, 0) is 35.7 Å². The van der Waals surface area contributed by atoms with E-state index < -0.39 is 0 Å². The summed E-state index contributed by atoms with van der Waals surface area (Å²) in [5.74, 6) is 1.22. The first kappa shape index (κ1) is 21.1. The molecule has 0 aliphatic carbocycles. The number of carbonyl (C=O) groups excluding carboxylic acids is 1. The highest BCUT2D eigenvalue weighted by atomic mass is 16.5. The van der Waals surface area contributed by atoms with E-state index in [-0.39, 0.29) is 35.6 Å². The number of benzene rings is 2. The van der Waals surface area contributed by atoms with Gasteiger partial charge in [-0.15, -0.1) is 0 Å². The van der Waals surface area contributed by atoms with Crippen molar-refractivity contribution in [2.24, 2.45) is 5.92 Å². The average molecular weight is 447 g/mol. The standard InChI is InChI=1S/C25H25N3O5/c1-15(2)22(16-8-9-19-20(12-16)32-11-5-10-31-19)27-21(29)13-28-14-26-23-17-6-3-4-7-18(17)33-24(23)25(28)30/h3-4,6-9,12,14-15,22H,5,10-11,13H2,1-2H3,(H,27,29).